The van der Waals surface area contributed by atoms with Gasteiger partial charge in [0.15, 0.2) is 0 Å². The van der Waals surface area contributed by atoms with Gasteiger partial charge in [0.2, 0.25) is 0 Å². The first-order valence-electron chi connectivity index (χ1n) is 9.20. The van der Waals surface area contributed by atoms with Gasteiger partial charge in [-0.1, -0.05) is 18.2 Å². The van der Waals surface area contributed by atoms with Crippen LogP contribution in [0.25, 0.3) is 10.8 Å². The Labute approximate surface area is 161 Å². The standard InChI is InChI=1S/C20H24F3N3O2/c1-28-18-5-4-16-8-14(2-3-17(16)9-18)10-24-19(27)25-11-15-6-7-26(12-15)13-20(21,22)23/h2-5,8-9,15H,6-7,10-13H2,1H3,(H2,24,25,27). The van der Waals surface area contributed by atoms with Crippen LogP contribution >= 0.6 is 0 Å². The number of amides is 2. The van der Waals surface area contributed by atoms with Gasteiger partial charge < -0.3 is 15.4 Å². The molecule has 0 radical (unpaired) electrons. The fourth-order valence-corrected chi connectivity index (χ4v) is 3.47. The molecule has 1 aliphatic rings. The molecule has 1 unspecified atom stereocenters. The van der Waals surface area contributed by atoms with Crippen LogP contribution in [0.3, 0.4) is 0 Å². The minimum Gasteiger partial charge on any atom is -0.497 e. The normalized spacial score (nSPS) is 17.6. The number of likely N-dealkylation sites (tertiary alicyclic amines) is 1. The molecule has 0 saturated carbocycles. The van der Waals surface area contributed by atoms with E-state index in [-0.39, 0.29) is 11.9 Å². The fourth-order valence-electron chi connectivity index (χ4n) is 3.47. The third-order valence-electron chi connectivity index (χ3n) is 4.89. The molecular weight excluding hydrogens is 371 g/mol. The van der Waals surface area contributed by atoms with E-state index in [9.17, 15) is 18.0 Å². The molecule has 8 heteroatoms. The van der Waals surface area contributed by atoms with Crippen molar-refractivity contribution in [3.05, 3.63) is 42.0 Å². The lowest BCUT2D eigenvalue weighted by molar-refractivity contribution is -0.143. The number of alkyl halides is 3. The summed E-state index contributed by atoms with van der Waals surface area (Å²) in [5, 5.41) is 7.65. The van der Waals surface area contributed by atoms with Gasteiger partial charge in [0.05, 0.1) is 13.7 Å². The molecule has 2 aromatic rings. The molecule has 152 valence electrons. The second-order valence-corrected chi connectivity index (χ2v) is 7.12. The zero-order valence-corrected chi connectivity index (χ0v) is 15.7. The van der Waals surface area contributed by atoms with Crippen molar-refractivity contribution in [2.45, 2.75) is 19.1 Å². The summed E-state index contributed by atoms with van der Waals surface area (Å²) in [6.45, 7) is 0.628. The molecule has 1 aliphatic heterocycles. The van der Waals surface area contributed by atoms with Gasteiger partial charge in [-0.25, -0.2) is 4.79 Å². The monoisotopic (exact) mass is 395 g/mol. The summed E-state index contributed by atoms with van der Waals surface area (Å²) in [4.78, 5) is 13.4. The van der Waals surface area contributed by atoms with Gasteiger partial charge in [-0.3, -0.25) is 4.90 Å². The lowest BCUT2D eigenvalue weighted by Gasteiger charge is -2.18. The zero-order valence-electron chi connectivity index (χ0n) is 15.7. The van der Waals surface area contributed by atoms with E-state index in [0.29, 0.717) is 32.6 Å². The highest BCUT2D eigenvalue weighted by atomic mass is 19.4. The van der Waals surface area contributed by atoms with Gasteiger partial charge >= 0.3 is 12.2 Å². The predicted molar refractivity (Wildman–Crippen MR) is 101 cm³/mol. The molecule has 1 fully saturated rings. The third kappa shape index (κ3) is 5.76. The Bertz CT molecular complexity index is 826. The second kappa shape index (κ2) is 8.68. The average molecular weight is 395 g/mol. The molecule has 28 heavy (non-hydrogen) atoms. The maximum Gasteiger partial charge on any atom is 0.401 e. The molecule has 0 aromatic heterocycles. The number of carbonyl (C=O) groups is 1. The van der Waals surface area contributed by atoms with Crippen LogP contribution in [0.15, 0.2) is 36.4 Å². The van der Waals surface area contributed by atoms with Crippen LogP contribution in [0.4, 0.5) is 18.0 Å². The number of fused-ring (bicyclic) bond motifs is 1. The van der Waals surface area contributed by atoms with Crippen LogP contribution in [0.1, 0.15) is 12.0 Å². The van der Waals surface area contributed by atoms with Gasteiger partial charge in [-0.15, -0.1) is 0 Å². The first-order valence-corrected chi connectivity index (χ1v) is 9.20. The summed E-state index contributed by atoms with van der Waals surface area (Å²) in [5.74, 6) is 0.835. The number of urea groups is 1. The Kier molecular flexibility index (Phi) is 6.28. The summed E-state index contributed by atoms with van der Waals surface area (Å²) >= 11 is 0. The summed E-state index contributed by atoms with van der Waals surface area (Å²) < 4.78 is 42.5. The first kappa shape index (κ1) is 20.3. The van der Waals surface area contributed by atoms with E-state index in [2.05, 4.69) is 10.6 Å². The maximum absolute atomic E-state index is 12.4. The number of rotatable bonds is 6. The Hall–Kier alpha value is -2.48. The third-order valence-corrected chi connectivity index (χ3v) is 4.89. The number of nitrogens with zero attached hydrogens (tertiary/aromatic N) is 1. The molecule has 0 bridgehead atoms. The number of hydrogen-bond donors (Lipinski definition) is 2. The largest absolute Gasteiger partial charge is 0.497 e. The van der Waals surface area contributed by atoms with E-state index in [1.54, 1.807) is 7.11 Å². The molecule has 2 aromatic carbocycles. The molecular formula is C20H24F3N3O2. The van der Waals surface area contributed by atoms with Crippen molar-refractivity contribution >= 4 is 16.8 Å². The van der Waals surface area contributed by atoms with E-state index >= 15 is 0 Å². The maximum atomic E-state index is 12.4. The Morgan fingerprint density at radius 3 is 2.68 bits per heavy atom. The topological polar surface area (TPSA) is 53.6 Å². The van der Waals surface area contributed by atoms with Crippen LogP contribution in [-0.4, -0.2) is 50.4 Å². The van der Waals surface area contributed by atoms with Crippen molar-refractivity contribution in [3.63, 3.8) is 0 Å². The number of ether oxygens (including phenoxy) is 1. The second-order valence-electron chi connectivity index (χ2n) is 7.12. The Balaban J connectivity index is 1.43. The lowest BCUT2D eigenvalue weighted by atomic mass is 10.1. The molecule has 2 N–H and O–H groups in total. The van der Waals surface area contributed by atoms with Crippen LogP contribution in [-0.2, 0) is 6.54 Å². The van der Waals surface area contributed by atoms with E-state index < -0.39 is 12.7 Å². The van der Waals surface area contributed by atoms with Gasteiger partial charge in [0.1, 0.15) is 5.75 Å². The van der Waals surface area contributed by atoms with E-state index in [4.69, 9.17) is 4.74 Å². The molecule has 0 aliphatic carbocycles. The number of methoxy groups -OCH3 is 1. The summed E-state index contributed by atoms with van der Waals surface area (Å²) in [7, 11) is 1.62. The average Bonchev–Trinajstić information content (AvgIpc) is 3.09. The van der Waals surface area contributed by atoms with Gasteiger partial charge in [-0.2, -0.15) is 13.2 Å². The molecule has 1 saturated heterocycles. The highest BCUT2D eigenvalue weighted by Crippen LogP contribution is 2.23. The minimum absolute atomic E-state index is 0.0451. The van der Waals surface area contributed by atoms with Crippen molar-refractivity contribution in [1.29, 1.82) is 0 Å². The minimum atomic E-state index is -4.18. The molecule has 3 rings (SSSR count). The number of halogens is 3. The summed E-state index contributed by atoms with van der Waals surface area (Å²) in [6, 6.07) is 11.4. The van der Waals surface area contributed by atoms with E-state index in [1.165, 1.54) is 4.90 Å². The fraction of sp³-hybridized carbons (Fsp3) is 0.450. The van der Waals surface area contributed by atoms with Crippen LogP contribution in [0.5, 0.6) is 5.75 Å². The number of carbonyl (C=O) groups excluding carboxylic acids is 1. The Morgan fingerprint density at radius 2 is 1.93 bits per heavy atom. The number of hydrogen-bond acceptors (Lipinski definition) is 3. The highest BCUT2D eigenvalue weighted by Gasteiger charge is 2.34. The van der Waals surface area contributed by atoms with Crippen molar-refractivity contribution in [3.8, 4) is 5.75 Å². The predicted octanol–water partition coefficient (Wildman–Crippen LogP) is 3.53. The lowest BCUT2D eigenvalue weighted by Crippen LogP contribution is -2.39. The van der Waals surface area contributed by atoms with Crippen LogP contribution in [0.2, 0.25) is 0 Å². The van der Waals surface area contributed by atoms with Gasteiger partial charge in [-0.05, 0) is 53.4 Å². The van der Waals surface area contributed by atoms with Crippen LogP contribution < -0.4 is 15.4 Å². The van der Waals surface area contributed by atoms with Gasteiger partial charge in [0.25, 0.3) is 0 Å². The Morgan fingerprint density at radius 1 is 1.18 bits per heavy atom. The smallest absolute Gasteiger partial charge is 0.401 e. The van der Waals surface area contributed by atoms with Crippen molar-refractivity contribution < 1.29 is 22.7 Å². The van der Waals surface area contributed by atoms with Crippen LogP contribution in [0, 0.1) is 5.92 Å². The van der Waals surface area contributed by atoms with E-state index in [1.807, 2.05) is 36.4 Å². The number of benzene rings is 2. The summed E-state index contributed by atoms with van der Waals surface area (Å²) in [5.41, 5.74) is 0.963. The van der Waals surface area contributed by atoms with Crippen molar-refractivity contribution in [1.82, 2.24) is 15.5 Å². The highest BCUT2D eigenvalue weighted by molar-refractivity contribution is 5.84. The van der Waals surface area contributed by atoms with E-state index in [0.717, 1.165) is 22.1 Å². The van der Waals surface area contributed by atoms with Crippen molar-refractivity contribution in [2.75, 3.05) is 33.3 Å². The molecule has 1 atom stereocenters. The van der Waals surface area contributed by atoms with Crippen molar-refractivity contribution in [2.24, 2.45) is 5.92 Å². The molecule has 2 amide bonds. The van der Waals surface area contributed by atoms with Gasteiger partial charge in [0, 0.05) is 19.6 Å². The molecule has 0 spiro atoms. The first-order chi connectivity index (χ1) is 13.3. The quantitative estimate of drug-likeness (QED) is 0.787. The molecule has 1 heterocycles. The zero-order chi connectivity index (χ0) is 20.1. The SMILES string of the molecule is COc1ccc2cc(CNC(=O)NCC3CCN(CC(F)(F)F)C3)ccc2c1. The molecule has 5 nitrogen and oxygen atoms in total. The summed E-state index contributed by atoms with van der Waals surface area (Å²) in [6.07, 6.45) is -3.52. The number of nitrogens with one attached hydrogen (secondary N) is 2.